The lowest BCUT2D eigenvalue weighted by atomic mass is 10.1. The SMILES string of the molecule is O=CNc1c[nH]c(=O)cc1-c1ccccc1. The van der Waals surface area contributed by atoms with Gasteiger partial charge in [0.1, 0.15) is 0 Å². The summed E-state index contributed by atoms with van der Waals surface area (Å²) in [5, 5.41) is 2.55. The predicted molar refractivity (Wildman–Crippen MR) is 62.2 cm³/mol. The van der Waals surface area contributed by atoms with Gasteiger partial charge < -0.3 is 10.3 Å². The molecule has 2 aromatic rings. The Morgan fingerprint density at radius 1 is 1.19 bits per heavy atom. The molecule has 1 aromatic heterocycles. The maximum Gasteiger partial charge on any atom is 0.248 e. The molecule has 1 aromatic carbocycles. The Kier molecular flexibility index (Phi) is 2.82. The van der Waals surface area contributed by atoms with Crippen molar-refractivity contribution < 1.29 is 4.79 Å². The van der Waals surface area contributed by atoms with E-state index in [2.05, 4.69) is 10.3 Å². The summed E-state index contributed by atoms with van der Waals surface area (Å²) in [7, 11) is 0. The van der Waals surface area contributed by atoms with Gasteiger partial charge in [-0.05, 0) is 5.56 Å². The number of carbonyl (C=O) groups is 1. The third-order valence-corrected chi connectivity index (χ3v) is 2.22. The maximum absolute atomic E-state index is 11.2. The minimum atomic E-state index is -0.199. The van der Waals surface area contributed by atoms with Crippen molar-refractivity contribution in [3.8, 4) is 11.1 Å². The van der Waals surface area contributed by atoms with Crippen LogP contribution < -0.4 is 10.9 Å². The number of H-pyrrole nitrogens is 1. The number of carbonyl (C=O) groups excluding carboxylic acids is 1. The van der Waals surface area contributed by atoms with Crippen molar-refractivity contribution in [2.24, 2.45) is 0 Å². The Balaban J connectivity index is 2.58. The van der Waals surface area contributed by atoms with Gasteiger partial charge in [0.05, 0.1) is 5.69 Å². The standard InChI is InChI=1S/C12H10N2O2/c15-8-14-11-7-13-12(16)6-10(11)9-4-2-1-3-5-9/h1-8H,(H,13,16)(H,14,15). The van der Waals surface area contributed by atoms with Crippen LogP contribution in [0.1, 0.15) is 0 Å². The van der Waals surface area contributed by atoms with E-state index >= 15 is 0 Å². The third kappa shape index (κ3) is 2.00. The zero-order chi connectivity index (χ0) is 11.4. The van der Waals surface area contributed by atoms with Crippen molar-refractivity contribution >= 4 is 12.1 Å². The largest absolute Gasteiger partial charge is 0.327 e. The van der Waals surface area contributed by atoms with Gasteiger partial charge in [-0.15, -0.1) is 0 Å². The average molecular weight is 214 g/mol. The van der Waals surface area contributed by atoms with Gasteiger partial charge in [0, 0.05) is 17.8 Å². The summed E-state index contributed by atoms with van der Waals surface area (Å²) >= 11 is 0. The molecule has 16 heavy (non-hydrogen) atoms. The Morgan fingerprint density at radius 2 is 1.94 bits per heavy atom. The van der Waals surface area contributed by atoms with Crippen molar-refractivity contribution in [1.29, 1.82) is 0 Å². The molecule has 0 aliphatic carbocycles. The molecule has 0 aliphatic heterocycles. The highest BCUT2D eigenvalue weighted by Gasteiger charge is 2.04. The second-order valence-electron chi connectivity index (χ2n) is 3.25. The fourth-order valence-corrected chi connectivity index (χ4v) is 1.51. The van der Waals surface area contributed by atoms with Crippen molar-refractivity contribution in [3.05, 3.63) is 52.9 Å². The topological polar surface area (TPSA) is 62.0 Å². The van der Waals surface area contributed by atoms with Crippen LogP contribution in [-0.2, 0) is 4.79 Å². The van der Waals surface area contributed by atoms with Crippen LogP contribution in [0, 0.1) is 0 Å². The molecule has 0 radical (unpaired) electrons. The minimum Gasteiger partial charge on any atom is -0.327 e. The molecule has 4 heteroatoms. The molecular formula is C12H10N2O2. The molecule has 0 atom stereocenters. The van der Waals surface area contributed by atoms with E-state index < -0.39 is 0 Å². The molecule has 80 valence electrons. The zero-order valence-electron chi connectivity index (χ0n) is 8.44. The van der Waals surface area contributed by atoms with E-state index in [1.165, 1.54) is 12.3 Å². The van der Waals surface area contributed by atoms with Gasteiger partial charge in [-0.1, -0.05) is 30.3 Å². The van der Waals surface area contributed by atoms with E-state index in [4.69, 9.17) is 0 Å². The first-order valence-electron chi connectivity index (χ1n) is 4.79. The molecule has 1 amide bonds. The zero-order valence-corrected chi connectivity index (χ0v) is 8.44. The number of benzene rings is 1. The van der Waals surface area contributed by atoms with Crippen LogP contribution in [0.2, 0.25) is 0 Å². The summed E-state index contributed by atoms with van der Waals surface area (Å²) in [6.07, 6.45) is 2.07. The predicted octanol–water partition coefficient (Wildman–Crippen LogP) is 1.61. The molecule has 0 aliphatic rings. The van der Waals surface area contributed by atoms with E-state index in [0.717, 1.165) is 5.56 Å². The summed E-state index contributed by atoms with van der Waals surface area (Å²) < 4.78 is 0. The fourth-order valence-electron chi connectivity index (χ4n) is 1.51. The molecule has 0 saturated heterocycles. The smallest absolute Gasteiger partial charge is 0.248 e. The summed E-state index contributed by atoms with van der Waals surface area (Å²) in [6, 6.07) is 10.9. The first kappa shape index (κ1) is 10.2. The van der Waals surface area contributed by atoms with Gasteiger partial charge in [-0.3, -0.25) is 9.59 Å². The van der Waals surface area contributed by atoms with Gasteiger partial charge >= 0.3 is 0 Å². The van der Waals surface area contributed by atoms with Gasteiger partial charge in [0.15, 0.2) is 0 Å². The summed E-state index contributed by atoms with van der Waals surface area (Å²) in [5.41, 5.74) is 1.98. The summed E-state index contributed by atoms with van der Waals surface area (Å²) in [4.78, 5) is 24.2. The molecule has 2 rings (SSSR count). The molecule has 0 spiro atoms. The molecule has 4 nitrogen and oxygen atoms in total. The van der Waals surface area contributed by atoms with E-state index in [1.807, 2.05) is 30.3 Å². The first-order chi connectivity index (χ1) is 7.81. The van der Waals surface area contributed by atoms with E-state index in [9.17, 15) is 9.59 Å². The molecule has 2 N–H and O–H groups in total. The number of anilines is 1. The van der Waals surface area contributed by atoms with Gasteiger partial charge in [0.25, 0.3) is 0 Å². The summed E-state index contributed by atoms with van der Waals surface area (Å²) in [5.74, 6) is 0. The van der Waals surface area contributed by atoms with Crippen LogP contribution >= 0.6 is 0 Å². The quantitative estimate of drug-likeness (QED) is 0.762. The normalized spacial score (nSPS) is 9.75. The van der Waals surface area contributed by atoms with Crippen molar-refractivity contribution in [1.82, 2.24) is 4.98 Å². The number of amides is 1. The Bertz CT molecular complexity index is 546. The average Bonchev–Trinajstić information content (AvgIpc) is 2.33. The second-order valence-corrected chi connectivity index (χ2v) is 3.25. The minimum absolute atomic E-state index is 0.199. The fraction of sp³-hybridized carbons (Fsp3) is 0. The number of pyridine rings is 1. The molecule has 0 unspecified atom stereocenters. The Labute approximate surface area is 91.9 Å². The van der Waals surface area contributed by atoms with Gasteiger partial charge in [0.2, 0.25) is 12.0 Å². The monoisotopic (exact) mass is 214 g/mol. The van der Waals surface area contributed by atoms with Gasteiger partial charge in [-0.2, -0.15) is 0 Å². The first-order valence-corrected chi connectivity index (χ1v) is 4.79. The molecular weight excluding hydrogens is 204 g/mol. The second kappa shape index (κ2) is 4.44. The molecule has 1 heterocycles. The molecule has 0 fully saturated rings. The number of nitrogens with one attached hydrogen (secondary N) is 2. The van der Waals surface area contributed by atoms with Gasteiger partial charge in [-0.25, -0.2) is 0 Å². The van der Waals surface area contributed by atoms with Crippen molar-refractivity contribution in [3.63, 3.8) is 0 Å². The van der Waals surface area contributed by atoms with Crippen LogP contribution in [0.25, 0.3) is 11.1 Å². The maximum atomic E-state index is 11.2. The van der Waals surface area contributed by atoms with Crippen molar-refractivity contribution in [2.75, 3.05) is 5.32 Å². The number of aromatic amines is 1. The lowest BCUT2D eigenvalue weighted by Crippen LogP contribution is -2.07. The van der Waals surface area contributed by atoms with Crippen LogP contribution in [0.3, 0.4) is 0 Å². The Hall–Kier alpha value is -2.36. The van der Waals surface area contributed by atoms with E-state index in [-0.39, 0.29) is 5.56 Å². The lowest BCUT2D eigenvalue weighted by Gasteiger charge is -2.07. The van der Waals surface area contributed by atoms with Crippen LogP contribution in [-0.4, -0.2) is 11.4 Å². The number of hydrogen-bond acceptors (Lipinski definition) is 2. The third-order valence-electron chi connectivity index (χ3n) is 2.22. The van der Waals surface area contributed by atoms with E-state index in [1.54, 1.807) is 0 Å². The highest BCUT2D eigenvalue weighted by atomic mass is 16.1. The molecule has 0 saturated carbocycles. The number of hydrogen-bond donors (Lipinski definition) is 2. The number of aromatic nitrogens is 1. The van der Waals surface area contributed by atoms with Crippen LogP contribution in [0.4, 0.5) is 5.69 Å². The van der Waals surface area contributed by atoms with E-state index in [0.29, 0.717) is 17.7 Å². The highest BCUT2D eigenvalue weighted by molar-refractivity contribution is 5.84. The van der Waals surface area contributed by atoms with Crippen LogP contribution in [0.5, 0.6) is 0 Å². The van der Waals surface area contributed by atoms with Crippen molar-refractivity contribution in [2.45, 2.75) is 0 Å². The lowest BCUT2D eigenvalue weighted by molar-refractivity contribution is -0.105. The van der Waals surface area contributed by atoms with Crippen LogP contribution in [0.15, 0.2) is 47.4 Å². The number of rotatable bonds is 3. The highest BCUT2D eigenvalue weighted by Crippen LogP contribution is 2.24. The summed E-state index contributed by atoms with van der Waals surface area (Å²) in [6.45, 7) is 0. The Morgan fingerprint density at radius 3 is 2.62 bits per heavy atom. The molecule has 0 bridgehead atoms.